The Kier molecular flexibility index (Phi) is 4.73. The number of terminal acetylenes is 1. The molecule has 0 bridgehead atoms. The normalized spacial score (nSPS) is 12.2. The number of halogens is 1. The summed E-state index contributed by atoms with van der Waals surface area (Å²) < 4.78 is 1.72. The molecule has 0 aromatic carbocycles. The molecule has 5 heteroatoms. The van der Waals surface area contributed by atoms with Crippen LogP contribution in [0.25, 0.3) is 0 Å². The second-order valence-corrected chi connectivity index (χ2v) is 4.20. The third-order valence-corrected chi connectivity index (χ3v) is 3.04. The maximum absolute atomic E-state index is 11.8. The second kappa shape index (κ2) is 5.85. The molecule has 1 unspecified atom stereocenters. The quantitative estimate of drug-likeness (QED) is 0.806. The average Bonchev–Trinajstić information content (AvgIpc) is 2.57. The molecular formula is C12H16ClN3O. The zero-order valence-electron chi connectivity index (χ0n) is 10.0. The molecule has 1 aromatic rings. The largest absolute Gasteiger partial charge is 0.321 e. The standard InChI is InChI=1S/C12H16ClN3O/c1-4-6-9(14)11(17)7-10-12(13)8(3)15-16(10)5-2/h1,9H,5-7,14H2,2-3H3. The van der Waals surface area contributed by atoms with E-state index in [0.717, 1.165) is 5.69 Å². The van der Waals surface area contributed by atoms with Crippen molar-refractivity contribution in [1.29, 1.82) is 0 Å². The fourth-order valence-electron chi connectivity index (χ4n) is 1.57. The smallest absolute Gasteiger partial charge is 0.156 e. The van der Waals surface area contributed by atoms with Crippen molar-refractivity contribution in [3.8, 4) is 12.3 Å². The molecule has 92 valence electrons. The van der Waals surface area contributed by atoms with E-state index in [0.29, 0.717) is 17.3 Å². The third-order valence-electron chi connectivity index (χ3n) is 2.55. The molecule has 4 nitrogen and oxygen atoms in total. The van der Waals surface area contributed by atoms with E-state index in [1.165, 1.54) is 0 Å². The van der Waals surface area contributed by atoms with Crippen LogP contribution in [0.5, 0.6) is 0 Å². The van der Waals surface area contributed by atoms with Gasteiger partial charge >= 0.3 is 0 Å². The maximum Gasteiger partial charge on any atom is 0.156 e. The Labute approximate surface area is 106 Å². The van der Waals surface area contributed by atoms with Crippen molar-refractivity contribution in [1.82, 2.24) is 9.78 Å². The van der Waals surface area contributed by atoms with Crippen LogP contribution in [0.1, 0.15) is 24.7 Å². The number of rotatable bonds is 5. The number of aryl methyl sites for hydroxylation is 2. The van der Waals surface area contributed by atoms with Gasteiger partial charge < -0.3 is 5.73 Å². The van der Waals surface area contributed by atoms with Crippen molar-refractivity contribution < 1.29 is 4.79 Å². The molecule has 17 heavy (non-hydrogen) atoms. The lowest BCUT2D eigenvalue weighted by Crippen LogP contribution is -2.32. The molecule has 0 saturated heterocycles. The highest BCUT2D eigenvalue weighted by atomic mass is 35.5. The van der Waals surface area contributed by atoms with E-state index < -0.39 is 6.04 Å². The van der Waals surface area contributed by atoms with Gasteiger partial charge in [-0.25, -0.2) is 0 Å². The van der Waals surface area contributed by atoms with Crippen molar-refractivity contribution in [3.63, 3.8) is 0 Å². The minimum Gasteiger partial charge on any atom is -0.321 e. The van der Waals surface area contributed by atoms with E-state index >= 15 is 0 Å². The van der Waals surface area contributed by atoms with Gasteiger partial charge in [0.05, 0.1) is 28.9 Å². The van der Waals surface area contributed by atoms with Gasteiger partial charge in [0, 0.05) is 13.0 Å². The van der Waals surface area contributed by atoms with Crippen LogP contribution in [-0.4, -0.2) is 21.6 Å². The Bertz CT molecular complexity index is 459. The number of aromatic nitrogens is 2. The van der Waals surface area contributed by atoms with Crippen LogP contribution in [0.15, 0.2) is 0 Å². The number of hydrogen-bond donors (Lipinski definition) is 1. The van der Waals surface area contributed by atoms with Crippen LogP contribution in [0, 0.1) is 19.3 Å². The van der Waals surface area contributed by atoms with Crippen LogP contribution in [-0.2, 0) is 17.8 Å². The molecule has 0 saturated carbocycles. The summed E-state index contributed by atoms with van der Waals surface area (Å²) in [7, 11) is 0. The monoisotopic (exact) mass is 253 g/mol. The molecule has 1 heterocycles. The molecule has 0 spiro atoms. The highest BCUT2D eigenvalue weighted by molar-refractivity contribution is 6.32. The number of nitrogens with zero attached hydrogens (tertiary/aromatic N) is 2. The van der Waals surface area contributed by atoms with Crippen LogP contribution in [0.4, 0.5) is 0 Å². The highest BCUT2D eigenvalue weighted by Gasteiger charge is 2.19. The van der Waals surface area contributed by atoms with Crippen molar-refractivity contribution in [2.24, 2.45) is 5.73 Å². The van der Waals surface area contributed by atoms with Crippen LogP contribution in [0.2, 0.25) is 5.02 Å². The summed E-state index contributed by atoms with van der Waals surface area (Å²) >= 11 is 6.10. The minimum atomic E-state index is -0.628. The second-order valence-electron chi connectivity index (χ2n) is 3.82. The molecule has 0 fully saturated rings. The molecule has 0 aliphatic carbocycles. The van der Waals surface area contributed by atoms with Crippen LogP contribution >= 0.6 is 11.6 Å². The topological polar surface area (TPSA) is 60.9 Å². The Morgan fingerprint density at radius 2 is 2.35 bits per heavy atom. The van der Waals surface area contributed by atoms with Crippen molar-refractivity contribution in [2.45, 2.75) is 39.3 Å². The number of hydrogen-bond acceptors (Lipinski definition) is 3. The first-order valence-electron chi connectivity index (χ1n) is 5.44. The van der Waals surface area contributed by atoms with E-state index in [2.05, 4.69) is 11.0 Å². The predicted octanol–water partition coefficient (Wildman–Crippen LogP) is 1.33. The average molecular weight is 254 g/mol. The fourth-order valence-corrected chi connectivity index (χ4v) is 1.78. The van der Waals surface area contributed by atoms with E-state index in [-0.39, 0.29) is 18.6 Å². The zero-order valence-corrected chi connectivity index (χ0v) is 10.8. The molecule has 1 rings (SSSR count). The summed E-state index contributed by atoms with van der Waals surface area (Å²) in [6.45, 7) is 4.42. The first-order valence-corrected chi connectivity index (χ1v) is 5.82. The van der Waals surface area contributed by atoms with E-state index in [1.807, 2.05) is 13.8 Å². The molecule has 0 aliphatic rings. The van der Waals surface area contributed by atoms with Gasteiger partial charge in [0.2, 0.25) is 0 Å². The first kappa shape index (κ1) is 13.8. The minimum absolute atomic E-state index is 0.112. The molecular weight excluding hydrogens is 238 g/mol. The molecule has 2 N–H and O–H groups in total. The van der Waals surface area contributed by atoms with Crippen molar-refractivity contribution >= 4 is 17.4 Å². The van der Waals surface area contributed by atoms with E-state index in [4.69, 9.17) is 23.8 Å². The van der Waals surface area contributed by atoms with Crippen LogP contribution in [0.3, 0.4) is 0 Å². The zero-order chi connectivity index (χ0) is 13.0. The number of ketones is 1. The molecule has 0 aliphatic heterocycles. The fraction of sp³-hybridized carbons (Fsp3) is 0.500. The molecule has 1 aromatic heterocycles. The van der Waals surface area contributed by atoms with Gasteiger partial charge in [-0.15, -0.1) is 12.3 Å². The number of Topliss-reactive ketones (excluding diaryl/α,β-unsaturated/α-hetero) is 1. The number of carbonyl (C=O) groups is 1. The molecule has 1 atom stereocenters. The Balaban J connectivity index is 2.88. The van der Waals surface area contributed by atoms with E-state index in [9.17, 15) is 4.79 Å². The molecule has 0 amide bonds. The predicted molar refractivity (Wildman–Crippen MR) is 67.8 cm³/mol. The molecule has 0 radical (unpaired) electrons. The van der Waals surface area contributed by atoms with Crippen LogP contribution < -0.4 is 5.73 Å². The lowest BCUT2D eigenvalue weighted by Gasteiger charge is -2.08. The van der Waals surface area contributed by atoms with Gasteiger partial charge in [0.25, 0.3) is 0 Å². The Morgan fingerprint density at radius 1 is 1.71 bits per heavy atom. The first-order chi connectivity index (χ1) is 8.01. The van der Waals surface area contributed by atoms with Gasteiger partial charge in [-0.3, -0.25) is 9.48 Å². The summed E-state index contributed by atoms with van der Waals surface area (Å²) in [6.07, 6.45) is 5.55. The lowest BCUT2D eigenvalue weighted by atomic mass is 10.1. The Morgan fingerprint density at radius 3 is 2.88 bits per heavy atom. The Hall–Kier alpha value is -1.31. The maximum atomic E-state index is 11.8. The third kappa shape index (κ3) is 3.09. The summed E-state index contributed by atoms with van der Waals surface area (Å²) in [6, 6.07) is -0.628. The van der Waals surface area contributed by atoms with Gasteiger partial charge in [0.15, 0.2) is 5.78 Å². The summed E-state index contributed by atoms with van der Waals surface area (Å²) in [4.78, 5) is 11.8. The van der Waals surface area contributed by atoms with Crippen molar-refractivity contribution in [3.05, 3.63) is 16.4 Å². The van der Waals surface area contributed by atoms with Crippen molar-refractivity contribution in [2.75, 3.05) is 0 Å². The SMILES string of the molecule is C#CCC(N)C(=O)Cc1c(Cl)c(C)nn1CC. The van der Waals surface area contributed by atoms with Gasteiger partial charge in [-0.1, -0.05) is 11.6 Å². The highest BCUT2D eigenvalue weighted by Crippen LogP contribution is 2.21. The lowest BCUT2D eigenvalue weighted by molar-refractivity contribution is -0.119. The van der Waals surface area contributed by atoms with E-state index in [1.54, 1.807) is 4.68 Å². The number of nitrogens with two attached hydrogens (primary N) is 1. The van der Waals surface area contributed by atoms with Gasteiger partial charge in [-0.05, 0) is 13.8 Å². The summed E-state index contributed by atoms with van der Waals surface area (Å²) in [5, 5.41) is 4.77. The summed E-state index contributed by atoms with van der Waals surface area (Å²) in [5.74, 6) is 2.27. The van der Waals surface area contributed by atoms with Gasteiger partial charge in [-0.2, -0.15) is 5.10 Å². The number of carbonyl (C=O) groups excluding carboxylic acids is 1. The van der Waals surface area contributed by atoms with Gasteiger partial charge in [0.1, 0.15) is 0 Å². The summed E-state index contributed by atoms with van der Waals surface area (Å²) in [5.41, 5.74) is 7.10.